The molecule has 30 heavy (non-hydrogen) atoms. The van der Waals surface area contributed by atoms with E-state index >= 15 is 0 Å². The Morgan fingerprint density at radius 3 is 2.47 bits per heavy atom. The Labute approximate surface area is 176 Å². The number of carbonyl (C=O) groups is 1. The fourth-order valence-electron chi connectivity index (χ4n) is 4.59. The Kier molecular flexibility index (Phi) is 6.02. The first-order chi connectivity index (χ1) is 14.5. The van der Waals surface area contributed by atoms with Gasteiger partial charge in [-0.05, 0) is 32.3 Å². The van der Waals surface area contributed by atoms with Gasteiger partial charge in [0.05, 0.1) is 11.6 Å². The Morgan fingerprint density at radius 1 is 1.07 bits per heavy atom. The molecular weight excluding hydrogens is 376 g/mol. The highest BCUT2D eigenvalue weighted by Gasteiger charge is 2.19. The van der Waals surface area contributed by atoms with Gasteiger partial charge in [0.1, 0.15) is 6.54 Å². The van der Waals surface area contributed by atoms with Crippen LogP contribution in [0.25, 0.3) is 10.8 Å². The quantitative estimate of drug-likeness (QED) is 0.657. The fourth-order valence-corrected chi connectivity index (χ4v) is 4.59. The van der Waals surface area contributed by atoms with Crippen molar-refractivity contribution in [3.05, 3.63) is 63.8 Å². The van der Waals surface area contributed by atoms with Gasteiger partial charge in [-0.25, -0.2) is 4.68 Å². The summed E-state index contributed by atoms with van der Waals surface area (Å²) in [5, 5.41) is 8.92. The van der Waals surface area contributed by atoms with E-state index in [1.165, 1.54) is 23.1 Å². The highest BCUT2D eigenvalue weighted by Crippen LogP contribution is 2.23. The number of fused-ring (bicyclic) bond motifs is 1. The summed E-state index contributed by atoms with van der Waals surface area (Å²) < 4.78 is 3.45. The molecule has 0 bridgehead atoms. The van der Waals surface area contributed by atoms with Crippen LogP contribution in [0, 0.1) is 13.8 Å². The third-order valence-corrected chi connectivity index (χ3v) is 6.30. The lowest BCUT2D eigenvalue weighted by molar-refractivity contribution is -0.122. The van der Waals surface area contributed by atoms with E-state index in [2.05, 4.69) is 27.1 Å². The number of aromatic nitrogens is 3. The van der Waals surface area contributed by atoms with E-state index in [1.807, 2.05) is 32.0 Å². The van der Waals surface area contributed by atoms with Crippen molar-refractivity contribution in [2.45, 2.75) is 71.5 Å². The minimum absolute atomic E-state index is 0.0341. The van der Waals surface area contributed by atoms with Crippen LogP contribution in [0.1, 0.15) is 55.5 Å². The van der Waals surface area contributed by atoms with Crippen molar-refractivity contribution in [3.8, 4) is 0 Å². The Morgan fingerprint density at radius 2 is 1.77 bits per heavy atom. The maximum Gasteiger partial charge on any atom is 0.276 e. The van der Waals surface area contributed by atoms with Gasteiger partial charge >= 0.3 is 0 Å². The predicted octanol–water partition coefficient (Wildman–Crippen LogP) is 3.70. The molecule has 1 fully saturated rings. The van der Waals surface area contributed by atoms with Crippen LogP contribution in [0.5, 0.6) is 0 Å². The lowest BCUT2D eigenvalue weighted by Gasteiger charge is -2.16. The zero-order valence-corrected chi connectivity index (χ0v) is 17.9. The van der Waals surface area contributed by atoms with Crippen LogP contribution in [-0.2, 0) is 17.9 Å². The van der Waals surface area contributed by atoms with E-state index in [-0.39, 0.29) is 24.1 Å². The average Bonchev–Trinajstić information content (AvgIpc) is 2.91. The van der Waals surface area contributed by atoms with Gasteiger partial charge < -0.3 is 9.88 Å². The number of hydrogen-bond acceptors (Lipinski definition) is 3. The molecular formula is C24H30N4O2. The molecule has 1 N–H and O–H groups in total. The molecule has 158 valence electrons. The van der Waals surface area contributed by atoms with E-state index in [9.17, 15) is 9.59 Å². The molecule has 1 aliphatic carbocycles. The summed E-state index contributed by atoms with van der Waals surface area (Å²) in [7, 11) is 0. The van der Waals surface area contributed by atoms with Crippen LogP contribution in [-0.4, -0.2) is 26.3 Å². The topological polar surface area (TPSA) is 68.9 Å². The fraction of sp³-hybridized carbons (Fsp3) is 0.458. The summed E-state index contributed by atoms with van der Waals surface area (Å²) in [5.41, 5.74) is 2.92. The zero-order valence-electron chi connectivity index (χ0n) is 17.9. The van der Waals surface area contributed by atoms with Crippen LogP contribution < -0.4 is 10.9 Å². The smallest absolute Gasteiger partial charge is 0.276 e. The molecule has 6 heteroatoms. The van der Waals surface area contributed by atoms with Gasteiger partial charge in [-0.1, -0.05) is 56.0 Å². The maximum atomic E-state index is 13.2. The minimum Gasteiger partial charge on any atom is -0.352 e. The summed E-state index contributed by atoms with van der Waals surface area (Å²) in [6.45, 7) is 4.65. The van der Waals surface area contributed by atoms with Gasteiger partial charge in [0, 0.05) is 29.4 Å². The molecule has 1 aromatic carbocycles. The van der Waals surface area contributed by atoms with E-state index in [4.69, 9.17) is 0 Å². The number of nitrogens with one attached hydrogen (secondary N) is 1. The van der Waals surface area contributed by atoms with Gasteiger partial charge in [-0.15, -0.1) is 0 Å². The molecule has 1 amide bonds. The number of carbonyl (C=O) groups excluding carboxylic acids is 1. The highest BCUT2D eigenvalue weighted by molar-refractivity contribution is 5.87. The number of amides is 1. The monoisotopic (exact) mass is 406 g/mol. The molecule has 0 spiro atoms. The molecule has 2 aromatic heterocycles. The molecule has 0 atom stereocenters. The van der Waals surface area contributed by atoms with Crippen LogP contribution in [0.4, 0.5) is 0 Å². The second kappa shape index (κ2) is 8.86. The van der Waals surface area contributed by atoms with Gasteiger partial charge in [-0.3, -0.25) is 9.59 Å². The summed E-state index contributed by atoms with van der Waals surface area (Å²) >= 11 is 0. The average molecular weight is 407 g/mol. The molecule has 2 heterocycles. The van der Waals surface area contributed by atoms with E-state index < -0.39 is 0 Å². The van der Waals surface area contributed by atoms with Gasteiger partial charge in [-0.2, -0.15) is 5.10 Å². The molecule has 6 nitrogen and oxygen atoms in total. The first kappa shape index (κ1) is 20.4. The van der Waals surface area contributed by atoms with Crippen molar-refractivity contribution in [1.82, 2.24) is 19.7 Å². The molecule has 0 saturated heterocycles. The number of hydrogen-bond donors (Lipinski definition) is 1. The predicted molar refractivity (Wildman–Crippen MR) is 119 cm³/mol. The first-order valence-corrected chi connectivity index (χ1v) is 10.9. The van der Waals surface area contributed by atoms with Crippen molar-refractivity contribution < 1.29 is 4.79 Å². The van der Waals surface area contributed by atoms with Crippen LogP contribution >= 0.6 is 0 Å². The number of aryl methyl sites for hydroxylation is 2. The minimum atomic E-state index is -0.198. The molecule has 4 rings (SSSR count). The van der Waals surface area contributed by atoms with Crippen molar-refractivity contribution >= 4 is 16.7 Å². The van der Waals surface area contributed by atoms with Gasteiger partial charge in [0.25, 0.3) is 5.56 Å². The lowest BCUT2D eigenvalue weighted by Crippen LogP contribution is -2.39. The number of nitrogens with zero attached hydrogens (tertiary/aromatic N) is 3. The largest absolute Gasteiger partial charge is 0.352 e. The summed E-state index contributed by atoms with van der Waals surface area (Å²) in [6.07, 6.45) is 8.55. The van der Waals surface area contributed by atoms with Crippen LogP contribution in [0.3, 0.4) is 0 Å². The van der Waals surface area contributed by atoms with E-state index in [1.54, 1.807) is 6.20 Å². The molecule has 1 saturated carbocycles. The van der Waals surface area contributed by atoms with Crippen molar-refractivity contribution in [2.24, 2.45) is 0 Å². The van der Waals surface area contributed by atoms with E-state index in [0.717, 1.165) is 42.5 Å². The SMILES string of the molecule is Cc1c2cnn(CC(=O)NC3CCCCCC3)c(=O)c2c(C)n1Cc1ccccc1. The van der Waals surface area contributed by atoms with Gasteiger partial charge in [0.2, 0.25) is 5.91 Å². The highest BCUT2D eigenvalue weighted by atomic mass is 16.2. The van der Waals surface area contributed by atoms with Crippen LogP contribution in [0.2, 0.25) is 0 Å². The van der Waals surface area contributed by atoms with Gasteiger partial charge in [0.15, 0.2) is 0 Å². The second-order valence-corrected chi connectivity index (χ2v) is 8.39. The molecule has 0 aliphatic heterocycles. The van der Waals surface area contributed by atoms with Crippen molar-refractivity contribution in [3.63, 3.8) is 0 Å². The van der Waals surface area contributed by atoms with Crippen LogP contribution in [0.15, 0.2) is 41.3 Å². The number of rotatable bonds is 5. The zero-order chi connectivity index (χ0) is 21.1. The lowest BCUT2D eigenvalue weighted by atomic mass is 10.1. The summed E-state index contributed by atoms with van der Waals surface area (Å²) in [5.74, 6) is -0.131. The second-order valence-electron chi connectivity index (χ2n) is 8.39. The summed E-state index contributed by atoms with van der Waals surface area (Å²) in [4.78, 5) is 25.7. The maximum absolute atomic E-state index is 13.2. The standard InChI is InChI=1S/C24H30N4O2/c1-17-21-14-25-28(16-22(29)26-20-12-8-3-4-9-13-20)24(30)23(21)18(2)27(17)15-19-10-6-5-7-11-19/h5-7,10-11,14,20H,3-4,8-9,12-13,15-16H2,1-2H3,(H,26,29). The summed E-state index contributed by atoms with van der Waals surface area (Å²) in [6, 6.07) is 10.4. The molecule has 1 aliphatic rings. The van der Waals surface area contributed by atoms with Crippen molar-refractivity contribution in [1.29, 1.82) is 0 Å². The van der Waals surface area contributed by atoms with E-state index in [0.29, 0.717) is 11.9 Å². The molecule has 0 radical (unpaired) electrons. The number of benzene rings is 1. The molecule has 0 unspecified atom stereocenters. The Bertz CT molecular complexity index is 1090. The van der Waals surface area contributed by atoms with Crippen molar-refractivity contribution in [2.75, 3.05) is 0 Å². The Balaban J connectivity index is 1.58. The third kappa shape index (κ3) is 4.18. The third-order valence-electron chi connectivity index (χ3n) is 6.30. The first-order valence-electron chi connectivity index (χ1n) is 10.9. The molecule has 3 aromatic rings. The Hall–Kier alpha value is -2.89. The normalized spacial score (nSPS) is 15.3.